The fraction of sp³-hybridized carbons (Fsp3) is 0.400. The lowest BCUT2D eigenvalue weighted by Crippen LogP contribution is -2.37. The summed E-state index contributed by atoms with van der Waals surface area (Å²) in [6, 6.07) is 1.60. The molecule has 1 aromatic heterocycles. The summed E-state index contributed by atoms with van der Waals surface area (Å²) < 4.78 is 26.5. The van der Waals surface area contributed by atoms with Crippen LogP contribution in [0, 0.1) is 6.92 Å². The number of aryl methyl sites for hydroxylation is 1. The highest BCUT2D eigenvalue weighted by atomic mass is 32.2. The Labute approximate surface area is 106 Å². The number of rotatable bonds is 5. The van der Waals surface area contributed by atoms with Gasteiger partial charge in [-0.15, -0.1) is 0 Å². The van der Waals surface area contributed by atoms with Crippen molar-refractivity contribution in [2.45, 2.75) is 25.5 Å². The average molecular weight is 273 g/mol. The number of nitrogens with two attached hydrogens (primary N) is 1. The van der Waals surface area contributed by atoms with Gasteiger partial charge in [0.05, 0.1) is 10.7 Å². The number of nitrogens with zero attached hydrogens (tertiary/aromatic N) is 1. The standard InChI is InChI=1S/C10H15N3O2S2/c1-3-9(10(11)16)17(14,15)13-8-4-5-12-6-7(8)2/h4-6,9H,3H2,1-2H3,(H2,11,16)(H,12,13). The van der Waals surface area contributed by atoms with Gasteiger partial charge in [0.1, 0.15) is 5.25 Å². The molecule has 1 unspecified atom stereocenters. The Hall–Kier alpha value is -1.21. The number of aromatic nitrogens is 1. The molecule has 1 aromatic rings. The second kappa shape index (κ2) is 5.42. The lowest BCUT2D eigenvalue weighted by molar-refractivity contribution is 0.594. The molecule has 0 saturated heterocycles. The summed E-state index contributed by atoms with van der Waals surface area (Å²) in [5, 5.41) is -0.856. The van der Waals surface area contributed by atoms with Gasteiger partial charge in [-0.2, -0.15) is 0 Å². The maximum atomic E-state index is 12.0. The van der Waals surface area contributed by atoms with Gasteiger partial charge in [-0.25, -0.2) is 8.42 Å². The van der Waals surface area contributed by atoms with E-state index in [1.54, 1.807) is 26.1 Å². The molecular weight excluding hydrogens is 258 g/mol. The van der Waals surface area contributed by atoms with Crippen LogP contribution < -0.4 is 10.5 Å². The molecule has 5 nitrogen and oxygen atoms in total. The quantitative estimate of drug-likeness (QED) is 0.787. The molecule has 1 atom stereocenters. The van der Waals surface area contributed by atoms with Crippen LogP contribution in [0.1, 0.15) is 18.9 Å². The molecule has 17 heavy (non-hydrogen) atoms. The van der Waals surface area contributed by atoms with E-state index in [2.05, 4.69) is 9.71 Å². The monoisotopic (exact) mass is 273 g/mol. The van der Waals surface area contributed by atoms with Gasteiger partial charge >= 0.3 is 0 Å². The molecule has 0 fully saturated rings. The summed E-state index contributed by atoms with van der Waals surface area (Å²) >= 11 is 4.76. The highest BCUT2D eigenvalue weighted by molar-refractivity contribution is 7.95. The Balaban J connectivity index is 3.02. The average Bonchev–Trinajstić information content (AvgIpc) is 2.21. The van der Waals surface area contributed by atoms with E-state index in [9.17, 15) is 8.42 Å². The number of sulfonamides is 1. The molecule has 0 aliphatic rings. The molecule has 0 aliphatic heterocycles. The van der Waals surface area contributed by atoms with E-state index in [4.69, 9.17) is 18.0 Å². The van der Waals surface area contributed by atoms with Gasteiger partial charge in [0.15, 0.2) is 0 Å². The Bertz CT molecular complexity index is 514. The molecular formula is C10H15N3O2S2. The van der Waals surface area contributed by atoms with Crippen molar-refractivity contribution < 1.29 is 8.42 Å². The Morgan fingerprint density at radius 2 is 2.29 bits per heavy atom. The predicted octanol–water partition coefficient (Wildman–Crippen LogP) is 1.20. The molecule has 0 radical (unpaired) electrons. The van der Waals surface area contributed by atoms with Gasteiger partial charge in [0.25, 0.3) is 0 Å². The number of hydrogen-bond donors (Lipinski definition) is 2. The zero-order valence-corrected chi connectivity index (χ0v) is 11.3. The third-order valence-electron chi connectivity index (χ3n) is 2.34. The SMILES string of the molecule is CCC(C(N)=S)S(=O)(=O)Nc1ccncc1C. The van der Waals surface area contributed by atoms with Crippen LogP contribution in [0.4, 0.5) is 5.69 Å². The molecule has 1 heterocycles. The summed E-state index contributed by atoms with van der Waals surface area (Å²) in [7, 11) is -3.59. The summed E-state index contributed by atoms with van der Waals surface area (Å²) in [6.07, 6.45) is 3.45. The number of pyridine rings is 1. The van der Waals surface area contributed by atoms with Crippen LogP contribution in [0.2, 0.25) is 0 Å². The second-order valence-electron chi connectivity index (χ2n) is 3.64. The predicted molar refractivity (Wildman–Crippen MR) is 72.4 cm³/mol. The summed E-state index contributed by atoms with van der Waals surface area (Å²) in [5.74, 6) is 0. The first-order valence-corrected chi connectivity index (χ1v) is 7.05. The lowest BCUT2D eigenvalue weighted by Gasteiger charge is -2.16. The molecule has 94 valence electrons. The number of thiocarbonyl (C=S) groups is 1. The molecule has 0 saturated carbocycles. The van der Waals surface area contributed by atoms with E-state index >= 15 is 0 Å². The Morgan fingerprint density at radius 1 is 1.65 bits per heavy atom. The first kappa shape index (κ1) is 13.9. The van der Waals surface area contributed by atoms with Crippen molar-refractivity contribution in [2.75, 3.05) is 4.72 Å². The minimum absolute atomic E-state index is 0.0216. The molecule has 0 aliphatic carbocycles. The molecule has 0 spiro atoms. The molecule has 0 amide bonds. The largest absolute Gasteiger partial charge is 0.392 e. The topological polar surface area (TPSA) is 85.1 Å². The molecule has 3 N–H and O–H groups in total. The number of hydrogen-bond acceptors (Lipinski definition) is 4. The van der Waals surface area contributed by atoms with Crippen LogP contribution in [0.5, 0.6) is 0 Å². The van der Waals surface area contributed by atoms with E-state index < -0.39 is 15.3 Å². The van der Waals surface area contributed by atoms with E-state index in [-0.39, 0.29) is 4.99 Å². The number of anilines is 1. The fourth-order valence-electron chi connectivity index (χ4n) is 1.39. The molecule has 0 bridgehead atoms. The van der Waals surface area contributed by atoms with Gasteiger partial charge in [0, 0.05) is 12.4 Å². The maximum Gasteiger partial charge on any atom is 0.242 e. The lowest BCUT2D eigenvalue weighted by atomic mass is 10.3. The normalized spacial score (nSPS) is 13.1. The first-order chi connectivity index (χ1) is 7.88. The van der Waals surface area contributed by atoms with Gasteiger partial charge in [0.2, 0.25) is 10.0 Å². The van der Waals surface area contributed by atoms with Gasteiger partial charge < -0.3 is 5.73 Å². The fourth-order valence-corrected chi connectivity index (χ4v) is 3.36. The molecule has 0 aromatic carbocycles. The summed E-state index contributed by atoms with van der Waals surface area (Å²) in [4.78, 5) is 3.87. The van der Waals surface area contributed by atoms with E-state index in [0.29, 0.717) is 12.1 Å². The maximum absolute atomic E-state index is 12.0. The third kappa shape index (κ3) is 3.37. The van der Waals surface area contributed by atoms with Gasteiger partial charge in [-0.3, -0.25) is 9.71 Å². The van der Waals surface area contributed by atoms with Crippen molar-refractivity contribution >= 4 is 32.9 Å². The highest BCUT2D eigenvalue weighted by Gasteiger charge is 2.26. The van der Waals surface area contributed by atoms with Gasteiger partial charge in [-0.1, -0.05) is 19.1 Å². The minimum Gasteiger partial charge on any atom is -0.392 e. The van der Waals surface area contributed by atoms with Crippen LogP contribution in [-0.2, 0) is 10.0 Å². The Kier molecular flexibility index (Phi) is 4.41. The first-order valence-electron chi connectivity index (χ1n) is 5.10. The smallest absolute Gasteiger partial charge is 0.242 e. The Morgan fingerprint density at radius 3 is 2.76 bits per heavy atom. The van der Waals surface area contributed by atoms with Crippen LogP contribution in [0.15, 0.2) is 18.5 Å². The van der Waals surface area contributed by atoms with Crippen molar-refractivity contribution in [3.05, 3.63) is 24.0 Å². The summed E-state index contributed by atoms with van der Waals surface area (Å²) in [6.45, 7) is 3.50. The van der Waals surface area contributed by atoms with E-state index in [1.165, 1.54) is 6.20 Å². The van der Waals surface area contributed by atoms with Crippen LogP contribution >= 0.6 is 12.2 Å². The number of nitrogens with one attached hydrogen (secondary N) is 1. The van der Waals surface area contributed by atoms with Crippen LogP contribution in [0.3, 0.4) is 0 Å². The van der Waals surface area contributed by atoms with Crippen molar-refractivity contribution in [1.29, 1.82) is 0 Å². The molecule has 1 rings (SSSR count). The zero-order valence-electron chi connectivity index (χ0n) is 9.67. The van der Waals surface area contributed by atoms with E-state index in [1.807, 2.05) is 0 Å². The van der Waals surface area contributed by atoms with Gasteiger partial charge in [-0.05, 0) is 25.0 Å². The van der Waals surface area contributed by atoms with Crippen molar-refractivity contribution in [1.82, 2.24) is 4.98 Å². The highest BCUT2D eigenvalue weighted by Crippen LogP contribution is 2.17. The summed E-state index contributed by atoms with van der Waals surface area (Å²) in [5.41, 5.74) is 6.66. The zero-order chi connectivity index (χ0) is 13.1. The van der Waals surface area contributed by atoms with Crippen LogP contribution in [-0.4, -0.2) is 23.6 Å². The van der Waals surface area contributed by atoms with E-state index in [0.717, 1.165) is 5.56 Å². The van der Waals surface area contributed by atoms with Crippen molar-refractivity contribution in [3.8, 4) is 0 Å². The minimum atomic E-state index is -3.59. The third-order valence-corrected chi connectivity index (χ3v) is 4.61. The van der Waals surface area contributed by atoms with Crippen LogP contribution in [0.25, 0.3) is 0 Å². The molecule has 7 heteroatoms. The van der Waals surface area contributed by atoms with Crippen molar-refractivity contribution in [3.63, 3.8) is 0 Å². The second-order valence-corrected chi connectivity index (χ2v) is 5.97. The van der Waals surface area contributed by atoms with Crippen molar-refractivity contribution in [2.24, 2.45) is 5.73 Å².